The molecule has 17 heavy (non-hydrogen) atoms. The third kappa shape index (κ3) is 1.02. The summed E-state index contributed by atoms with van der Waals surface area (Å²) in [5.41, 5.74) is 0.0399. The van der Waals surface area contributed by atoms with Gasteiger partial charge in [0.1, 0.15) is 0 Å². The van der Waals surface area contributed by atoms with Crippen molar-refractivity contribution in [1.29, 1.82) is 0 Å². The highest BCUT2D eigenvalue weighted by molar-refractivity contribution is 5.21. The summed E-state index contributed by atoms with van der Waals surface area (Å²) in [5.74, 6) is 1.14. The van der Waals surface area contributed by atoms with Crippen molar-refractivity contribution in [3.8, 4) is 0 Å². The van der Waals surface area contributed by atoms with E-state index in [0.717, 1.165) is 12.8 Å². The first-order chi connectivity index (χ1) is 7.78. The Balaban J connectivity index is 2.17. The van der Waals surface area contributed by atoms with Crippen molar-refractivity contribution in [2.45, 2.75) is 65.6 Å². The minimum atomic E-state index is -0.539. The average Bonchev–Trinajstić information content (AvgIpc) is 2.60. The molecule has 0 aliphatic heterocycles. The van der Waals surface area contributed by atoms with Gasteiger partial charge in [-0.3, -0.25) is 0 Å². The standard InChI is InChI=1S/C15H26O2/c1-9-5-6-10-13(2,3)14(4)7-8-15(9,10)12(17)11(14)16/h9-12,16-17H,5-8H2,1-4H3/t9-,10?,11+,12-,14+,15-/m0/s1. The highest BCUT2D eigenvalue weighted by atomic mass is 16.3. The zero-order chi connectivity index (χ0) is 12.6. The van der Waals surface area contributed by atoms with Crippen LogP contribution in [0.5, 0.6) is 0 Å². The van der Waals surface area contributed by atoms with Crippen molar-refractivity contribution in [2.24, 2.45) is 28.1 Å². The molecule has 1 spiro atoms. The molecule has 0 amide bonds. The topological polar surface area (TPSA) is 40.5 Å². The van der Waals surface area contributed by atoms with Gasteiger partial charge in [0.25, 0.3) is 0 Å². The quantitative estimate of drug-likeness (QED) is 0.681. The van der Waals surface area contributed by atoms with Crippen molar-refractivity contribution in [3.63, 3.8) is 0 Å². The summed E-state index contributed by atoms with van der Waals surface area (Å²) in [4.78, 5) is 0. The first kappa shape index (κ1) is 12.0. The summed E-state index contributed by atoms with van der Waals surface area (Å²) in [7, 11) is 0. The molecule has 4 aliphatic carbocycles. The van der Waals surface area contributed by atoms with Crippen LogP contribution in [0.3, 0.4) is 0 Å². The third-order valence-electron chi connectivity index (χ3n) is 7.38. The van der Waals surface area contributed by atoms with Gasteiger partial charge in [-0.05, 0) is 42.9 Å². The number of fused-ring (bicyclic) bond motifs is 2. The van der Waals surface area contributed by atoms with Crippen molar-refractivity contribution < 1.29 is 10.2 Å². The lowest BCUT2D eigenvalue weighted by molar-refractivity contribution is -0.281. The number of rotatable bonds is 0. The maximum Gasteiger partial charge on any atom is 0.0866 e. The van der Waals surface area contributed by atoms with Gasteiger partial charge < -0.3 is 10.2 Å². The molecule has 0 aromatic carbocycles. The summed E-state index contributed by atoms with van der Waals surface area (Å²) in [6.45, 7) is 9.10. The van der Waals surface area contributed by atoms with E-state index in [4.69, 9.17) is 0 Å². The summed E-state index contributed by atoms with van der Waals surface area (Å²) < 4.78 is 0. The van der Waals surface area contributed by atoms with Crippen LogP contribution in [0.4, 0.5) is 0 Å². The number of aliphatic hydroxyl groups excluding tert-OH is 2. The molecule has 0 saturated heterocycles. The van der Waals surface area contributed by atoms with Gasteiger partial charge in [-0.25, -0.2) is 0 Å². The Morgan fingerprint density at radius 1 is 0.941 bits per heavy atom. The molecule has 0 aromatic heterocycles. The molecule has 2 nitrogen and oxygen atoms in total. The van der Waals surface area contributed by atoms with E-state index in [1.54, 1.807) is 0 Å². The van der Waals surface area contributed by atoms with Crippen LogP contribution in [0.2, 0.25) is 0 Å². The van der Waals surface area contributed by atoms with Gasteiger partial charge in [0, 0.05) is 10.8 Å². The van der Waals surface area contributed by atoms with Gasteiger partial charge in [-0.15, -0.1) is 0 Å². The maximum atomic E-state index is 10.6. The number of hydrogen-bond donors (Lipinski definition) is 2. The second-order valence-corrected chi connectivity index (χ2v) is 7.67. The van der Waals surface area contributed by atoms with E-state index in [2.05, 4.69) is 27.7 Å². The molecule has 4 aliphatic rings. The van der Waals surface area contributed by atoms with E-state index < -0.39 is 12.2 Å². The van der Waals surface area contributed by atoms with Crippen LogP contribution in [-0.4, -0.2) is 22.4 Å². The first-order valence-corrected chi connectivity index (χ1v) is 7.14. The monoisotopic (exact) mass is 238 g/mol. The van der Waals surface area contributed by atoms with Gasteiger partial charge in [0.15, 0.2) is 0 Å². The van der Waals surface area contributed by atoms with Crippen LogP contribution in [0.25, 0.3) is 0 Å². The molecule has 2 N–H and O–H groups in total. The minimum absolute atomic E-state index is 0.000671. The van der Waals surface area contributed by atoms with E-state index in [1.165, 1.54) is 12.8 Å². The van der Waals surface area contributed by atoms with Gasteiger partial charge in [0.05, 0.1) is 12.2 Å². The number of aliphatic hydroxyl groups is 2. The summed E-state index contributed by atoms with van der Waals surface area (Å²) >= 11 is 0. The van der Waals surface area contributed by atoms with E-state index >= 15 is 0 Å². The zero-order valence-corrected chi connectivity index (χ0v) is 11.5. The van der Waals surface area contributed by atoms with E-state index in [-0.39, 0.29) is 16.2 Å². The molecule has 0 radical (unpaired) electrons. The molecule has 4 saturated carbocycles. The normalized spacial score (nSPS) is 60.4. The highest BCUT2D eigenvalue weighted by Crippen LogP contribution is 2.73. The van der Waals surface area contributed by atoms with Gasteiger partial charge in [0.2, 0.25) is 0 Å². The minimum Gasteiger partial charge on any atom is -0.390 e. The molecule has 4 rings (SSSR count). The fourth-order valence-corrected chi connectivity index (χ4v) is 5.76. The molecule has 2 bridgehead atoms. The van der Waals surface area contributed by atoms with Crippen molar-refractivity contribution in [3.05, 3.63) is 0 Å². The van der Waals surface area contributed by atoms with Crippen LogP contribution in [0, 0.1) is 28.1 Å². The molecule has 0 heterocycles. The molecule has 98 valence electrons. The predicted octanol–water partition coefficient (Wildman–Crippen LogP) is 2.58. The van der Waals surface area contributed by atoms with Crippen molar-refractivity contribution >= 4 is 0 Å². The second-order valence-electron chi connectivity index (χ2n) is 7.67. The van der Waals surface area contributed by atoms with Gasteiger partial charge in [-0.2, -0.15) is 0 Å². The van der Waals surface area contributed by atoms with Crippen molar-refractivity contribution in [1.82, 2.24) is 0 Å². The smallest absolute Gasteiger partial charge is 0.0866 e. The Bertz CT molecular complexity index is 351. The van der Waals surface area contributed by atoms with Crippen LogP contribution in [0.15, 0.2) is 0 Å². The lowest BCUT2D eigenvalue weighted by Gasteiger charge is -2.69. The summed E-state index contributed by atoms with van der Waals surface area (Å²) in [6, 6.07) is 0. The van der Waals surface area contributed by atoms with Gasteiger partial charge >= 0.3 is 0 Å². The molecule has 4 fully saturated rings. The Morgan fingerprint density at radius 2 is 1.59 bits per heavy atom. The summed E-state index contributed by atoms with van der Waals surface area (Å²) in [6.07, 6.45) is 3.58. The molecule has 1 unspecified atom stereocenters. The Kier molecular flexibility index (Phi) is 2.17. The molecular weight excluding hydrogens is 212 g/mol. The molecule has 6 atom stereocenters. The molecule has 0 aromatic rings. The predicted molar refractivity (Wildman–Crippen MR) is 67.5 cm³/mol. The average molecular weight is 238 g/mol. The molecular formula is C15H26O2. The lowest BCUT2D eigenvalue weighted by atomic mass is 9.37. The largest absolute Gasteiger partial charge is 0.390 e. The van der Waals surface area contributed by atoms with Crippen LogP contribution >= 0.6 is 0 Å². The zero-order valence-electron chi connectivity index (χ0n) is 11.5. The maximum absolute atomic E-state index is 10.6. The fraction of sp³-hybridized carbons (Fsp3) is 1.00. The van der Waals surface area contributed by atoms with E-state index in [1.807, 2.05) is 0 Å². The summed E-state index contributed by atoms with van der Waals surface area (Å²) in [5, 5.41) is 21.2. The fourth-order valence-electron chi connectivity index (χ4n) is 5.76. The Labute approximate surface area is 104 Å². The SMILES string of the molecule is C[C@H]1CCC2C(C)(C)[C@]3(C)CC[C@@]21[C@@H](O)[C@H]3O. The van der Waals surface area contributed by atoms with E-state index in [9.17, 15) is 10.2 Å². The molecule has 2 heteroatoms. The van der Waals surface area contributed by atoms with Crippen molar-refractivity contribution in [2.75, 3.05) is 0 Å². The van der Waals surface area contributed by atoms with Crippen LogP contribution < -0.4 is 0 Å². The number of hydrogen-bond acceptors (Lipinski definition) is 2. The van der Waals surface area contributed by atoms with E-state index in [0.29, 0.717) is 11.8 Å². The van der Waals surface area contributed by atoms with Crippen LogP contribution in [0.1, 0.15) is 53.4 Å². The highest BCUT2D eigenvalue weighted by Gasteiger charge is 2.72. The Hall–Kier alpha value is -0.0800. The lowest BCUT2D eigenvalue weighted by Crippen LogP contribution is -2.70. The van der Waals surface area contributed by atoms with Gasteiger partial charge in [-0.1, -0.05) is 27.7 Å². The second kappa shape index (κ2) is 3.08. The Morgan fingerprint density at radius 3 is 2.24 bits per heavy atom. The first-order valence-electron chi connectivity index (χ1n) is 7.14. The van der Waals surface area contributed by atoms with Crippen LogP contribution in [-0.2, 0) is 0 Å². The third-order valence-corrected chi connectivity index (χ3v) is 7.38.